The molecule has 22 heavy (non-hydrogen) atoms. The van der Waals surface area contributed by atoms with Gasteiger partial charge >= 0.3 is 5.97 Å². The van der Waals surface area contributed by atoms with Crippen LogP contribution >= 0.6 is 11.3 Å². The molecule has 0 radical (unpaired) electrons. The molecule has 0 saturated carbocycles. The molecule has 0 N–H and O–H groups in total. The number of esters is 1. The molecule has 0 saturated heterocycles. The third kappa shape index (κ3) is 2.97. The van der Waals surface area contributed by atoms with Crippen LogP contribution in [0.2, 0.25) is 0 Å². The number of carbonyl (C=O) groups is 1. The van der Waals surface area contributed by atoms with E-state index in [0.29, 0.717) is 17.2 Å². The molecule has 0 aliphatic carbocycles. The van der Waals surface area contributed by atoms with Crippen molar-refractivity contribution in [1.29, 1.82) is 0 Å². The van der Waals surface area contributed by atoms with Gasteiger partial charge in [-0.1, -0.05) is 12.0 Å². The predicted molar refractivity (Wildman–Crippen MR) is 85.8 cm³/mol. The molecule has 3 aromatic heterocycles. The van der Waals surface area contributed by atoms with Gasteiger partial charge in [-0.15, -0.1) is 11.3 Å². The van der Waals surface area contributed by atoms with E-state index in [2.05, 4.69) is 21.8 Å². The third-order valence-corrected chi connectivity index (χ3v) is 3.96. The number of ether oxygens (including phenoxy) is 1. The Labute approximate surface area is 131 Å². The fraction of sp³-hybridized carbons (Fsp3) is 0.118. The topological polar surface area (TPSA) is 52.1 Å². The van der Waals surface area contributed by atoms with Crippen LogP contribution in [-0.2, 0) is 4.74 Å². The summed E-state index contributed by atoms with van der Waals surface area (Å²) in [5.41, 5.74) is 1.47. The first kappa shape index (κ1) is 14.2. The lowest BCUT2D eigenvalue weighted by Gasteiger charge is -1.95. The van der Waals surface area contributed by atoms with Crippen LogP contribution in [0.15, 0.2) is 42.9 Å². The van der Waals surface area contributed by atoms with Crippen molar-refractivity contribution in [3.63, 3.8) is 0 Å². The van der Waals surface area contributed by atoms with Crippen molar-refractivity contribution in [3.05, 3.63) is 59.0 Å². The highest BCUT2D eigenvalue weighted by Crippen LogP contribution is 2.27. The number of pyridine rings is 2. The minimum Gasteiger partial charge on any atom is -0.462 e. The number of hydrogen-bond acceptors (Lipinski definition) is 5. The molecule has 108 valence electrons. The lowest BCUT2D eigenvalue weighted by molar-refractivity contribution is 0.0532. The first-order chi connectivity index (χ1) is 10.8. The van der Waals surface area contributed by atoms with Crippen LogP contribution in [0.4, 0.5) is 0 Å². The second-order valence-electron chi connectivity index (χ2n) is 4.39. The first-order valence-corrected chi connectivity index (χ1v) is 7.57. The zero-order valence-corrected chi connectivity index (χ0v) is 12.7. The summed E-state index contributed by atoms with van der Waals surface area (Å²) in [5, 5.41) is 0.909. The summed E-state index contributed by atoms with van der Waals surface area (Å²) in [6.45, 7) is 2.15. The highest BCUT2D eigenvalue weighted by atomic mass is 32.1. The van der Waals surface area contributed by atoms with Gasteiger partial charge in [-0.05, 0) is 31.0 Å². The lowest BCUT2D eigenvalue weighted by atomic mass is 10.2. The molecule has 0 aromatic carbocycles. The van der Waals surface area contributed by atoms with Gasteiger partial charge in [0.15, 0.2) is 0 Å². The maximum atomic E-state index is 11.8. The van der Waals surface area contributed by atoms with Gasteiger partial charge in [-0.3, -0.25) is 4.98 Å². The smallest absolute Gasteiger partial charge is 0.348 e. The molecule has 0 bridgehead atoms. The Hall–Kier alpha value is -2.71. The third-order valence-electron chi connectivity index (χ3n) is 2.91. The largest absolute Gasteiger partial charge is 0.462 e. The summed E-state index contributed by atoms with van der Waals surface area (Å²) in [6.07, 6.45) is 5.13. The fourth-order valence-corrected chi connectivity index (χ4v) is 2.88. The minimum atomic E-state index is -0.313. The number of hydrogen-bond donors (Lipinski definition) is 0. The van der Waals surface area contributed by atoms with E-state index in [1.54, 1.807) is 25.5 Å². The minimum absolute atomic E-state index is 0.313. The molecular weight excluding hydrogens is 296 g/mol. The van der Waals surface area contributed by atoms with Crippen LogP contribution in [0.25, 0.3) is 10.1 Å². The van der Waals surface area contributed by atoms with E-state index < -0.39 is 0 Å². The van der Waals surface area contributed by atoms with Crippen LogP contribution in [0.1, 0.15) is 27.9 Å². The van der Waals surface area contributed by atoms with Gasteiger partial charge < -0.3 is 4.74 Å². The maximum Gasteiger partial charge on any atom is 0.348 e. The molecule has 0 spiro atoms. The van der Waals surface area contributed by atoms with Crippen LogP contribution in [0.5, 0.6) is 0 Å². The molecule has 0 aliphatic heterocycles. The van der Waals surface area contributed by atoms with Crippen molar-refractivity contribution < 1.29 is 9.53 Å². The molecule has 0 unspecified atom stereocenters. The van der Waals surface area contributed by atoms with E-state index in [1.165, 1.54) is 11.3 Å². The Kier molecular flexibility index (Phi) is 4.12. The summed E-state index contributed by atoms with van der Waals surface area (Å²) >= 11 is 1.36. The van der Waals surface area contributed by atoms with Gasteiger partial charge in [0.25, 0.3) is 0 Å². The molecule has 5 heteroatoms. The van der Waals surface area contributed by atoms with Crippen molar-refractivity contribution in [2.75, 3.05) is 6.61 Å². The van der Waals surface area contributed by atoms with Gasteiger partial charge in [-0.2, -0.15) is 0 Å². The van der Waals surface area contributed by atoms with Gasteiger partial charge in [0, 0.05) is 24.0 Å². The predicted octanol–water partition coefficient (Wildman–Crippen LogP) is 3.27. The van der Waals surface area contributed by atoms with Crippen molar-refractivity contribution in [2.45, 2.75) is 6.92 Å². The molecule has 0 fully saturated rings. The molecule has 4 nitrogen and oxygen atoms in total. The van der Waals surface area contributed by atoms with E-state index in [-0.39, 0.29) is 5.97 Å². The quantitative estimate of drug-likeness (QED) is 0.538. The fourth-order valence-electron chi connectivity index (χ4n) is 1.93. The van der Waals surface area contributed by atoms with Gasteiger partial charge in [0.2, 0.25) is 0 Å². The molecule has 3 rings (SSSR count). The summed E-state index contributed by atoms with van der Waals surface area (Å²) in [5.74, 6) is 5.76. The molecule has 0 aliphatic rings. The number of thiophene rings is 1. The second-order valence-corrected chi connectivity index (χ2v) is 5.48. The highest BCUT2D eigenvalue weighted by molar-refractivity contribution is 7.20. The lowest BCUT2D eigenvalue weighted by Crippen LogP contribution is -2.01. The molecule has 0 amide bonds. The van der Waals surface area contributed by atoms with E-state index >= 15 is 0 Å². The van der Waals surface area contributed by atoms with Gasteiger partial charge in [0.05, 0.1) is 16.9 Å². The summed E-state index contributed by atoms with van der Waals surface area (Å²) in [6, 6.07) is 7.39. The van der Waals surface area contributed by atoms with E-state index in [9.17, 15) is 4.79 Å². The number of nitrogens with zero attached hydrogens (tertiary/aromatic N) is 2. The van der Waals surface area contributed by atoms with E-state index in [4.69, 9.17) is 4.74 Å². The number of fused-ring (bicyclic) bond motifs is 1. The van der Waals surface area contributed by atoms with Crippen LogP contribution in [0.3, 0.4) is 0 Å². The van der Waals surface area contributed by atoms with Crippen LogP contribution in [0, 0.1) is 11.8 Å². The Morgan fingerprint density at radius 3 is 3.00 bits per heavy atom. The summed E-state index contributed by atoms with van der Waals surface area (Å²) in [7, 11) is 0. The Morgan fingerprint density at radius 2 is 2.23 bits per heavy atom. The molecule has 3 heterocycles. The molecule has 3 aromatic rings. The average molecular weight is 308 g/mol. The zero-order chi connectivity index (χ0) is 15.4. The Bertz CT molecular complexity index is 876. The summed E-state index contributed by atoms with van der Waals surface area (Å²) in [4.78, 5) is 20.7. The summed E-state index contributed by atoms with van der Waals surface area (Å²) < 4.78 is 5.94. The standard InChI is InChI=1S/C17H12N2O2S/c1-2-21-17(20)15-9-14-12(10-18-11-16(14)22-15)6-7-13-5-3-4-8-19-13/h3-5,8-11H,2H2,1H3. The SMILES string of the molecule is CCOC(=O)c1cc2c(C#Cc3ccccn3)cncc2s1. The monoisotopic (exact) mass is 308 g/mol. The number of carbonyl (C=O) groups excluding carboxylic acids is 1. The van der Waals surface area contributed by atoms with Crippen molar-refractivity contribution in [1.82, 2.24) is 9.97 Å². The maximum absolute atomic E-state index is 11.8. The van der Waals surface area contributed by atoms with Gasteiger partial charge in [-0.25, -0.2) is 9.78 Å². The second kappa shape index (κ2) is 6.37. The first-order valence-electron chi connectivity index (χ1n) is 6.75. The Morgan fingerprint density at radius 1 is 1.32 bits per heavy atom. The van der Waals surface area contributed by atoms with Crippen LogP contribution in [-0.4, -0.2) is 22.5 Å². The van der Waals surface area contributed by atoms with Crippen molar-refractivity contribution in [2.24, 2.45) is 0 Å². The van der Waals surface area contributed by atoms with Crippen molar-refractivity contribution in [3.8, 4) is 11.8 Å². The van der Waals surface area contributed by atoms with Gasteiger partial charge in [0.1, 0.15) is 10.6 Å². The van der Waals surface area contributed by atoms with E-state index in [1.807, 2.05) is 24.3 Å². The number of aromatic nitrogens is 2. The number of rotatable bonds is 2. The van der Waals surface area contributed by atoms with Crippen LogP contribution < -0.4 is 0 Å². The normalized spacial score (nSPS) is 10.0. The van der Waals surface area contributed by atoms with Crippen molar-refractivity contribution >= 4 is 27.4 Å². The highest BCUT2D eigenvalue weighted by Gasteiger charge is 2.12. The Balaban J connectivity index is 2.00. The molecule has 0 atom stereocenters. The average Bonchev–Trinajstić information content (AvgIpc) is 2.99. The van der Waals surface area contributed by atoms with E-state index in [0.717, 1.165) is 15.6 Å². The zero-order valence-electron chi connectivity index (χ0n) is 11.9. The molecular formula is C17H12N2O2S.